The summed E-state index contributed by atoms with van der Waals surface area (Å²) in [6, 6.07) is 4.33. The predicted octanol–water partition coefficient (Wildman–Crippen LogP) is 3.94. The van der Waals surface area contributed by atoms with E-state index in [1.807, 2.05) is 11.3 Å². The standard InChI is InChI=1S/C12H15ClS/c13-11(7-8-3-2-6-14-8)12-9-4-1-5-10(9)12/h2-3,6,9-12H,1,4-5,7H2. The van der Waals surface area contributed by atoms with Crippen molar-refractivity contribution in [2.45, 2.75) is 31.1 Å². The van der Waals surface area contributed by atoms with Crippen LogP contribution in [0.2, 0.25) is 0 Å². The summed E-state index contributed by atoms with van der Waals surface area (Å²) in [5.74, 6) is 2.85. The highest BCUT2D eigenvalue weighted by Gasteiger charge is 2.55. The molecule has 3 rings (SSSR count). The molecule has 2 heteroatoms. The van der Waals surface area contributed by atoms with E-state index in [9.17, 15) is 0 Å². The maximum absolute atomic E-state index is 6.48. The topological polar surface area (TPSA) is 0 Å². The minimum Gasteiger partial charge on any atom is -0.149 e. The van der Waals surface area contributed by atoms with E-state index in [1.54, 1.807) is 0 Å². The zero-order valence-electron chi connectivity index (χ0n) is 8.16. The lowest BCUT2D eigenvalue weighted by Gasteiger charge is -2.09. The van der Waals surface area contributed by atoms with E-state index in [4.69, 9.17) is 11.6 Å². The predicted molar refractivity (Wildman–Crippen MR) is 62.0 cm³/mol. The first-order chi connectivity index (χ1) is 6.86. The second-order valence-electron chi connectivity index (χ2n) is 4.64. The Morgan fingerprint density at radius 3 is 2.86 bits per heavy atom. The Labute approximate surface area is 94.3 Å². The molecule has 0 spiro atoms. The molecule has 0 saturated heterocycles. The van der Waals surface area contributed by atoms with Crippen LogP contribution in [0.4, 0.5) is 0 Å². The van der Waals surface area contributed by atoms with Crippen molar-refractivity contribution in [1.29, 1.82) is 0 Å². The molecule has 3 atom stereocenters. The molecule has 0 radical (unpaired) electrons. The lowest BCUT2D eigenvalue weighted by molar-refractivity contribution is 0.560. The monoisotopic (exact) mass is 226 g/mol. The average Bonchev–Trinajstić information content (AvgIpc) is 2.63. The number of rotatable bonds is 3. The van der Waals surface area contributed by atoms with Crippen LogP contribution in [0.3, 0.4) is 0 Å². The molecule has 0 aliphatic heterocycles. The largest absolute Gasteiger partial charge is 0.149 e. The molecule has 0 aromatic carbocycles. The van der Waals surface area contributed by atoms with Crippen molar-refractivity contribution in [3.05, 3.63) is 22.4 Å². The summed E-state index contributed by atoms with van der Waals surface area (Å²) in [5, 5.41) is 2.55. The summed E-state index contributed by atoms with van der Waals surface area (Å²) in [4.78, 5) is 1.45. The Balaban J connectivity index is 1.59. The van der Waals surface area contributed by atoms with Crippen LogP contribution < -0.4 is 0 Å². The van der Waals surface area contributed by atoms with E-state index in [-0.39, 0.29) is 0 Å². The van der Waals surface area contributed by atoms with Crippen molar-refractivity contribution in [2.75, 3.05) is 0 Å². The van der Waals surface area contributed by atoms with Crippen molar-refractivity contribution in [3.63, 3.8) is 0 Å². The van der Waals surface area contributed by atoms with Gasteiger partial charge < -0.3 is 0 Å². The van der Waals surface area contributed by atoms with Gasteiger partial charge in [0.1, 0.15) is 0 Å². The molecule has 2 saturated carbocycles. The molecular weight excluding hydrogens is 212 g/mol. The van der Waals surface area contributed by atoms with Crippen LogP contribution in [0.1, 0.15) is 24.1 Å². The molecule has 1 heterocycles. The number of alkyl halides is 1. The van der Waals surface area contributed by atoms with Gasteiger partial charge in [-0.1, -0.05) is 12.5 Å². The summed E-state index contributed by atoms with van der Waals surface area (Å²) in [6.07, 6.45) is 5.44. The van der Waals surface area contributed by atoms with Crippen LogP contribution >= 0.6 is 22.9 Å². The van der Waals surface area contributed by atoms with Gasteiger partial charge in [-0.05, 0) is 48.5 Å². The van der Waals surface area contributed by atoms with Gasteiger partial charge in [-0.25, -0.2) is 0 Å². The molecular formula is C12H15ClS. The Hall–Kier alpha value is -0.0100. The van der Waals surface area contributed by atoms with E-state index >= 15 is 0 Å². The van der Waals surface area contributed by atoms with Crippen molar-refractivity contribution in [2.24, 2.45) is 17.8 Å². The van der Waals surface area contributed by atoms with Gasteiger partial charge in [-0.15, -0.1) is 22.9 Å². The van der Waals surface area contributed by atoms with Gasteiger partial charge in [-0.3, -0.25) is 0 Å². The van der Waals surface area contributed by atoms with Gasteiger partial charge in [-0.2, -0.15) is 0 Å². The van der Waals surface area contributed by atoms with Crippen LogP contribution in [0.5, 0.6) is 0 Å². The lowest BCUT2D eigenvalue weighted by Crippen LogP contribution is -2.08. The van der Waals surface area contributed by atoms with E-state index in [2.05, 4.69) is 17.5 Å². The number of halogens is 1. The molecule has 3 unspecified atom stereocenters. The van der Waals surface area contributed by atoms with E-state index < -0.39 is 0 Å². The highest BCUT2D eigenvalue weighted by molar-refractivity contribution is 7.09. The number of fused-ring (bicyclic) bond motifs is 1. The molecule has 2 aliphatic rings. The van der Waals surface area contributed by atoms with Crippen molar-refractivity contribution >= 4 is 22.9 Å². The Kier molecular flexibility index (Phi) is 2.33. The molecule has 0 nitrogen and oxygen atoms in total. The number of hydrogen-bond donors (Lipinski definition) is 0. The summed E-state index contributed by atoms with van der Waals surface area (Å²) >= 11 is 8.32. The van der Waals surface area contributed by atoms with Crippen LogP contribution in [-0.2, 0) is 6.42 Å². The number of hydrogen-bond acceptors (Lipinski definition) is 1. The number of thiophene rings is 1. The Morgan fingerprint density at radius 2 is 2.21 bits per heavy atom. The first kappa shape index (κ1) is 9.23. The van der Waals surface area contributed by atoms with E-state index in [0.29, 0.717) is 5.38 Å². The first-order valence-corrected chi connectivity index (χ1v) is 6.84. The SMILES string of the molecule is ClC(Cc1cccs1)C1C2CCCC21. The molecule has 76 valence electrons. The maximum Gasteiger partial charge on any atom is 0.0417 e. The fraction of sp³-hybridized carbons (Fsp3) is 0.667. The third-order valence-electron chi connectivity index (χ3n) is 3.87. The normalized spacial score (nSPS) is 36.8. The van der Waals surface area contributed by atoms with Gasteiger partial charge in [0, 0.05) is 10.3 Å². The van der Waals surface area contributed by atoms with Crippen LogP contribution in [-0.4, -0.2) is 5.38 Å². The molecule has 0 amide bonds. The van der Waals surface area contributed by atoms with Crippen molar-refractivity contribution in [1.82, 2.24) is 0 Å². The maximum atomic E-state index is 6.48. The van der Waals surface area contributed by atoms with E-state index in [1.165, 1.54) is 24.1 Å². The highest BCUT2D eigenvalue weighted by atomic mass is 35.5. The lowest BCUT2D eigenvalue weighted by atomic mass is 10.1. The molecule has 0 N–H and O–H groups in total. The summed E-state index contributed by atoms with van der Waals surface area (Å²) in [7, 11) is 0. The van der Waals surface area contributed by atoms with E-state index in [0.717, 1.165) is 24.2 Å². The Bertz CT molecular complexity index is 296. The van der Waals surface area contributed by atoms with Crippen LogP contribution in [0.25, 0.3) is 0 Å². The smallest absolute Gasteiger partial charge is 0.0417 e. The minimum atomic E-state index is 0.406. The first-order valence-electron chi connectivity index (χ1n) is 5.53. The molecule has 2 fully saturated rings. The molecule has 0 bridgehead atoms. The minimum absolute atomic E-state index is 0.406. The van der Waals surface area contributed by atoms with Crippen molar-refractivity contribution < 1.29 is 0 Å². The summed E-state index contributed by atoms with van der Waals surface area (Å²) in [5.41, 5.74) is 0. The second kappa shape index (κ2) is 3.53. The van der Waals surface area contributed by atoms with Gasteiger partial charge in [0.15, 0.2) is 0 Å². The second-order valence-corrected chi connectivity index (χ2v) is 6.23. The average molecular weight is 227 g/mol. The van der Waals surface area contributed by atoms with Gasteiger partial charge in [0.2, 0.25) is 0 Å². The van der Waals surface area contributed by atoms with Crippen molar-refractivity contribution in [3.8, 4) is 0 Å². The fourth-order valence-electron chi connectivity index (χ4n) is 3.17. The fourth-order valence-corrected chi connectivity index (χ4v) is 4.57. The zero-order valence-corrected chi connectivity index (χ0v) is 9.73. The molecule has 1 aromatic rings. The van der Waals surface area contributed by atoms with Gasteiger partial charge in [0.05, 0.1) is 0 Å². The Morgan fingerprint density at radius 1 is 1.43 bits per heavy atom. The third kappa shape index (κ3) is 1.51. The van der Waals surface area contributed by atoms with Crippen LogP contribution in [0, 0.1) is 17.8 Å². The molecule has 1 aromatic heterocycles. The molecule has 14 heavy (non-hydrogen) atoms. The zero-order chi connectivity index (χ0) is 9.54. The van der Waals surface area contributed by atoms with Crippen LogP contribution in [0.15, 0.2) is 17.5 Å². The quantitative estimate of drug-likeness (QED) is 0.685. The highest BCUT2D eigenvalue weighted by Crippen LogP contribution is 2.60. The van der Waals surface area contributed by atoms with Gasteiger partial charge >= 0.3 is 0 Å². The third-order valence-corrected chi connectivity index (χ3v) is 5.21. The molecule has 2 aliphatic carbocycles. The van der Waals surface area contributed by atoms with Gasteiger partial charge in [0.25, 0.3) is 0 Å². The summed E-state index contributed by atoms with van der Waals surface area (Å²) in [6.45, 7) is 0. The summed E-state index contributed by atoms with van der Waals surface area (Å²) < 4.78 is 0.